The molecule has 2 rings (SSSR count). The number of nitrogens with zero attached hydrogens (tertiary/aromatic N) is 2. The Morgan fingerprint density at radius 2 is 1.97 bits per heavy atom. The van der Waals surface area contributed by atoms with Gasteiger partial charge in [-0.3, -0.25) is 0 Å². The van der Waals surface area contributed by atoms with Crippen molar-refractivity contribution < 1.29 is 46.1 Å². The van der Waals surface area contributed by atoms with Crippen LogP contribution in [-0.2, 0) is 27.5 Å². The molecule has 0 aliphatic heterocycles. The van der Waals surface area contributed by atoms with Crippen LogP contribution in [0, 0.1) is 0 Å². The van der Waals surface area contributed by atoms with E-state index in [1.165, 1.54) is 12.1 Å². The molecule has 194 valence electrons. The number of aromatic nitrogens is 1. The molecule has 0 atom stereocenters. The fraction of sp³-hybridized carbons (Fsp3) is 0.400. The molecule has 0 saturated heterocycles. The molecule has 0 aliphatic carbocycles. The highest BCUT2D eigenvalue weighted by molar-refractivity contribution is 7.87. The van der Waals surface area contributed by atoms with Gasteiger partial charge in [-0.2, -0.15) is 30.6 Å². The van der Waals surface area contributed by atoms with E-state index < -0.39 is 45.5 Å². The molecule has 0 radical (unpaired) electrons. The summed E-state index contributed by atoms with van der Waals surface area (Å²) in [6.07, 6.45) is -6.25. The third-order valence-electron chi connectivity index (χ3n) is 4.32. The van der Waals surface area contributed by atoms with Crippen molar-refractivity contribution in [3.63, 3.8) is 0 Å². The lowest BCUT2D eigenvalue weighted by atomic mass is 10.1. The summed E-state index contributed by atoms with van der Waals surface area (Å²) >= 11 is 5.85. The quantitative estimate of drug-likeness (QED) is 0.362. The number of aromatic hydroxyl groups is 1. The first-order valence-corrected chi connectivity index (χ1v) is 11.9. The predicted molar refractivity (Wildman–Crippen MR) is 119 cm³/mol. The van der Waals surface area contributed by atoms with Crippen molar-refractivity contribution >= 4 is 27.9 Å². The van der Waals surface area contributed by atoms with Gasteiger partial charge in [0.05, 0.1) is 18.3 Å². The van der Waals surface area contributed by atoms with Gasteiger partial charge in [0.15, 0.2) is 0 Å². The second-order valence-corrected chi connectivity index (χ2v) is 9.41. The Morgan fingerprint density at radius 1 is 1.29 bits per heavy atom. The van der Waals surface area contributed by atoms with Gasteiger partial charge in [-0.05, 0) is 38.0 Å². The van der Waals surface area contributed by atoms with E-state index >= 15 is 0 Å². The lowest BCUT2D eigenvalue weighted by Crippen LogP contribution is -2.45. The Morgan fingerprint density at radius 3 is 2.54 bits per heavy atom. The Balaban J connectivity index is 2.19. The van der Waals surface area contributed by atoms with Crippen LogP contribution in [0.25, 0.3) is 0 Å². The molecule has 1 amide bonds. The highest BCUT2D eigenvalue weighted by atomic mass is 35.5. The number of hydrogen-bond acceptors (Lipinski definition) is 7. The van der Waals surface area contributed by atoms with Crippen molar-refractivity contribution in [1.29, 1.82) is 0 Å². The molecule has 15 heteroatoms. The van der Waals surface area contributed by atoms with Crippen LogP contribution in [0.1, 0.15) is 25.0 Å². The summed E-state index contributed by atoms with van der Waals surface area (Å²) in [6, 6.07) is 4.29. The van der Waals surface area contributed by atoms with E-state index in [0.29, 0.717) is 12.3 Å². The van der Waals surface area contributed by atoms with Crippen molar-refractivity contribution in [2.45, 2.75) is 32.5 Å². The Hall–Kier alpha value is -2.81. The summed E-state index contributed by atoms with van der Waals surface area (Å²) in [7, 11) is -4.42. The Bertz CT molecular complexity index is 1150. The van der Waals surface area contributed by atoms with Gasteiger partial charge >= 0.3 is 22.5 Å². The number of benzene rings is 1. The van der Waals surface area contributed by atoms with E-state index in [4.69, 9.17) is 21.1 Å². The molecule has 1 aromatic carbocycles. The monoisotopic (exact) mass is 541 g/mol. The zero-order valence-corrected chi connectivity index (χ0v) is 20.1. The zero-order valence-electron chi connectivity index (χ0n) is 18.5. The molecule has 35 heavy (non-hydrogen) atoms. The summed E-state index contributed by atoms with van der Waals surface area (Å²) in [5, 5.41) is 18.7. The number of halogens is 4. The number of phenolic OH excluding ortho intramolecular Hbond substituents is 1. The largest absolute Gasteiger partial charge is 0.508 e. The fourth-order valence-corrected chi connectivity index (χ4v) is 3.93. The first-order chi connectivity index (χ1) is 16.2. The van der Waals surface area contributed by atoms with Crippen LogP contribution >= 0.6 is 11.6 Å². The minimum atomic E-state index is -4.67. The van der Waals surface area contributed by atoms with Crippen LogP contribution in [0.2, 0.25) is 5.02 Å². The number of ether oxygens (including phenoxy) is 2. The summed E-state index contributed by atoms with van der Waals surface area (Å²) < 4.78 is 76.3. The molecule has 1 heterocycles. The number of hydrogen-bond donors (Lipinski definition) is 3. The second-order valence-electron chi connectivity index (χ2n) is 7.33. The van der Waals surface area contributed by atoms with E-state index in [9.17, 15) is 36.6 Å². The third-order valence-corrected chi connectivity index (χ3v) is 6.08. The normalized spacial score (nSPS) is 12.1. The molecular formula is C20H23ClF3N3O7S. The standard InChI is InChI=1S/C20H23ClF3N3O7S/c1-12(2)33-8-6-26-35(31,32)27(19(29)30)7-5-13-3-4-15(28)10-17(13)34-18-16(21)9-14(11-25-18)20(22,23)24/h3-4,9-12,26,28H,5-8H2,1-2H3,(H,29,30). The first-order valence-electron chi connectivity index (χ1n) is 10.0. The average Bonchev–Trinajstić information content (AvgIpc) is 2.73. The summed E-state index contributed by atoms with van der Waals surface area (Å²) in [4.78, 5) is 15.1. The SMILES string of the molecule is CC(C)OCCNS(=O)(=O)N(CCc1ccc(O)cc1Oc1ncc(C(F)(F)F)cc1Cl)C(=O)O. The van der Waals surface area contributed by atoms with Crippen LogP contribution in [-0.4, -0.2) is 59.8 Å². The predicted octanol–water partition coefficient (Wildman–Crippen LogP) is 4.03. The number of phenols is 1. The molecule has 0 aliphatic rings. The van der Waals surface area contributed by atoms with Gasteiger partial charge < -0.3 is 19.7 Å². The lowest BCUT2D eigenvalue weighted by molar-refractivity contribution is -0.137. The smallest absolute Gasteiger partial charge is 0.422 e. The van der Waals surface area contributed by atoms with Gasteiger partial charge in [0.25, 0.3) is 0 Å². The van der Waals surface area contributed by atoms with Crippen LogP contribution in [0.4, 0.5) is 18.0 Å². The van der Waals surface area contributed by atoms with Crippen molar-refractivity contribution in [2.75, 3.05) is 19.7 Å². The molecule has 0 bridgehead atoms. The lowest BCUT2D eigenvalue weighted by Gasteiger charge is -2.20. The highest BCUT2D eigenvalue weighted by Gasteiger charge is 2.32. The summed E-state index contributed by atoms with van der Waals surface area (Å²) in [6.45, 7) is 2.84. The highest BCUT2D eigenvalue weighted by Crippen LogP contribution is 2.36. The van der Waals surface area contributed by atoms with Crippen molar-refractivity contribution in [3.05, 3.63) is 46.6 Å². The number of amides is 1. The van der Waals surface area contributed by atoms with Crippen molar-refractivity contribution in [2.24, 2.45) is 0 Å². The average molecular weight is 542 g/mol. The topological polar surface area (TPSA) is 138 Å². The molecule has 0 unspecified atom stereocenters. The summed E-state index contributed by atoms with van der Waals surface area (Å²) in [5.74, 6) is -0.789. The fourth-order valence-electron chi connectivity index (χ4n) is 2.69. The third kappa shape index (κ3) is 8.42. The van der Waals surface area contributed by atoms with E-state index in [1.807, 2.05) is 0 Å². The number of carboxylic acid groups (broad SMARTS) is 1. The first kappa shape index (κ1) is 28.4. The van der Waals surface area contributed by atoms with Crippen molar-refractivity contribution in [1.82, 2.24) is 14.0 Å². The molecule has 1 aromatic heterocycles. The van der Waals surface area contributed by atoms with Crippen LogP contribution in [0.15, 0.2) is 30.5 Å². The maximum absolute atomic E-state index is 12.8. The number of alkyl halides is 3. The van der Waals surface area contributed by atoms with Crippen LogP contribution in [0.5, 0.6) is 17.4 Å². The van der Waals surface area contributed by atoms with E-state index in [2.05, 4.69) is 9.71 Å². The molecule has 0 fully saturated rings. The number of rotatable bonds is 11. The van der Waals surface area contributed by atoms with Gasteiger partial charge in [-0.25, -0.2) is 9.78 Å². The van der Waals surface area contributed by atoms with Gasteiger partial charge in [-0.15, -0.1) is 0 Å². The van der Waals surface area contributed by atoms with Gasteiger partial charge in [0, 0.05) is 25.4 Å². The maximum Gasteiger partial charge on any atom is 0.422 e. The Kier molecular flexibility index (Phi) is 9.54. The molecule has 3 N–H and O–H groups in total. The van der Waals surface area contributed by atoms with Crippen molar-refractivity contribution in [3.8, 4) is 17.4 Å². The van der Waals surface area contributed by atoms with E-state index in [1.54, 1.807) is 13.8 Å². The number of pyridine rings is 1. The molecule has 0 saturated carbocycles. The molecule has 2 aromatic rings. The van der Waals surface area contributed by atoms with Crippen LogP contribution in [0.3, 0.4) is 0 Å². The van der Waals surface area contributed by atoms with Gasteiger partial charge in [0.1, 0.15) is 16.5 Å². The van der Waals surface area contributed by atoms with E-state index in [-0.39, 0.29) is 47.0 Å². The second kappa shape index (κ2) is 11.7. The molecule has 0 spiro atoms. The number of nitrogens with one attached hydrogen (secondary N) is 1. The zero-order chi connectivity index (χ0) is 26.4. The van der Waals surface area contributed by atoms with Crippen LogP contribution < -0.4 is 9.46 Å². The van der Waals surface area contributed by atoms with E-state index in [0.717, 1.165) is 6.07 Å². The number of carbonyl (C=O) groups is 1. The van der Waals surface area contributed by atoms with Gasteiger partial charge in [-0.1, -0.05) is 17.7 Å². The maximum atomic E-state index is 12.8. The summed E-state index contributed by atoms with van der Waals surface area (Å²) in [5.41, 5.74) is -0.871. The molecular weight excluding hydrogens is 519 g/mol. The minimum Gasteiger partial charge on any atom is -0.508 e. The molecule has 10 nitrogen and oxygen atoms in total. The Labute approximate surface area is 204 Å². The minimum absolute atomic E-state index is 0.0290. The van der Waals surface area contributed by atoms with Gasteiger partial charge in [0.2, 0.25) is 5.88 Å².